The molecule has 21 heavy (non-hydrogen) atoms. The van der Waals surface area contributed by atoms with E-state index in [1.54, 1.807) is 11.3 Å². The molecule has 0 radical (unpaired) electrons. The van der Waals surface area contributed by atoms with Crippen LogP contribution in [0.15, 0.2) is 87.0 Å². The zero-order valence-corrected chi connectivity index (χ0v) is 13.0. The average molecular weight is 310 g/mol. The summed E-state index contributed by atoms with van der Waals surface area (Å²) in [6, 6.07) is 20.1. The first-order valence-electron chi connectivity index (χ1n) is 6.57. The third-order valence-electron chi connectivity index (χ3n) is 3.05. The lowest BCUT2D eigenvalue weighted by atomic mass is 10.1. The quantitative estimate of drug-likeness (QED) is 0.417. The molecule has 2 heterocycles. The summed E-state index contributed by atoms with van der Waals surface area (Å²) in [7, 11) is 0. The van der Waals surface area contributed by atoms with Crippen LogP contribution in [0, 0.1) is 0 Å². The Morgan fingerprint density at radius 3 is 2.29 bits per heavy atom. The number of thiophene rings is 1. The number of furan rings is 1. The Bertz CT molecular complexity index is 801. The van der Waals surface area contributed by atoms with Gasteiger partial charge in [-0.15, -0.1) is 12.6 Å². The van der Waals surface area contributed by atoms with Crippen molar-refractivity contribution in [1.82, 2.24) is 0 Å². The molecule has 0 saturated carbocycles. The van der Waals surface area contributed by atoms with Gasteiger partial charge >= 0.3 is 0 Å². The Morgan fingerprint density at radius 1 is 0.857 bits per heavy atom. The fourth-order valence-electron chi connectivity index (χ4n) is 2.04. The second-order valence-electron chi connectivity index (χ2n) is 4.50. The Morgan fingerprint density at radius 2 is 1.62 bits per heavy atom. The summed E-state index contributed by atoms with van der Waals surface area (Å²) < 4.78 is 5.57. The maximum atomic E-state index is 5.57. The average Bonchev–Trinajstić information content (AvgIpc) is 3.17. The molecule has 0 atom stereocenters. The first-order valence-corrected chi connectivity index (χ1v) is 7.96. The first kappa shape index (κ1) is 14.0. The summed E-state index contributed by atoms with van der Waals surface area (Å²) in [6.45, 7) is 0. The van der Waals surface area contributed by atoms with Crippen molar-refractivity contribution >= 4 is 34.7 Å². The van der Waals surface area contributed by atoms with E-state index in [1.165, 1.54) is 5.39 Å². The summed E-state index contributed by atoms with van der Waals surface area (Å²) in [5.41, 5.74) is 1.16. The van der Waals surface area contributed by atoms with Gasteiger partial charge in [0.05, 0.1) is 6.26 Å². The van der Waals surface area contributed by atoms with Crippen molar-refractivity contribution in [1.29, 1.82) is 0 Å². The maximum absolute atomic E-state index is 5.57. The molecular weight excluding hydrogens is 296 g/mol. The first-order chi connectivity index (χ1) is 10.3. The number of hydrogen-bond donors (Lipinski definition) is 1. The van der Waals surface area contributed by atoms with Gasteiger partial charge in [-0.05, 0) is 23.6 Å². The predicted octanol–water partition coefficient (Wildman–Crippen LogP) is 6.14. The van der Waals surface area contributed by atoms with Crippen molar-refractivity contribution in [3.63, 3.8) is 0 Å². The lowest BCUT2D eigenvalue weighted by Crippen LogP contribution is -1.68. The number of benzene rings is 2. The van der Waals surface area contributed by atoms with Crippen LogP contribution < -0.4 is 0 Å². The van der Waals surface area contributed by atoms with E-state index in [4.69, 9.17) is 4.42 Å². The highest BCUT2D eigenvalue weighted by Gasteiger charge is 2.07. The third kappa shape index (κ3) is 3.38. The fraction of sp³-hybridized carbons (Fsp3) is 0. The maximum Gasteiger partial charge on any atom is 0.142 e. The zero-order valence-electron chi connectivity index (χ0n) is 11.3. The Balaban J connectivity index is 0.000000160. The molecule has 0 bridgehead atoms. The predicted molar refractivity (Wildman–Crippen MR) is 93.2 cm³/mol. The second kappa shape index (κ2) is 6.66. The van der Waals surface area contributed by atoms with E-state index < -0.39 is 0 Å². The molecule has 0 fully saturated rings. The molecule has 4 aromatic rings. The minimum absolute atomic E-state index is 0.974. The van der Waals surface area contributed by atoms with Gasteiger partial charge in [0.2, 0.25) is 0 Å². The lowest BCUT2D eigenvalue weighted by Gasteiger charge is -1.91. The smallest absolute Gasteiger partial charge is 0.142 e. The van der Waals surface area contributed by atoms with Crippen molar-refractivity contribution in [2.24, 2.45) is 0 Å². The summed E-state index contributed by atoms with van der Waals surface area (Å²) in [5.74, 6) is 0.974. The SMILES string of the molecule is Sc1ccccc1.c1ccc2c(-c3ccsc3)occ2c1. The molecule has 2 aromatic carbocycles. The van der Waals surface area contributed by atoms with Crippen LogP contribution in [0.25, 0.3) is 22.1 Å². The molecule has 0 aliphatic rings. The van der Waals surface area contributed by atoms with Crippen LogP contribution in [0.1, 0.15) is 0 Å². The lowest BCUT2D eigenvalue weighted by molar-refractivity contribution is 0.587. The number of fused-ring (bicyclic) bond motifs is 1. The van der Waals surface area contributed by atoms with Crippen molar-refractivity contribution in [2.75, 3.05) is 0 Å². The number of rotatable bonds is 1. The summed E-state index contributed by atoms with van der Waals surface area (Å²) in [4.78, 5) is 1.02. The molecule has 3 heteroatoms. The van der Waals surface area contributed by atoms with Gasteiger partial charge < -0.3 is 4.42 Å². The molecule has 0 aliphatic carbocycles. The topological polar surface area (TPSA) is 13.1 Å². The molecule has 2 aromatic heterocycles. The molecule has 104 valence electrons. The van der Waals surface area contributed by atoms with Gasteiger partial charge in [0.1, 0.15) is 5.76 Å². The molecule has 0 aliphatic heterocycles. The van der Waals surface area contributed by atoms with Gasteiger partial charge in [-0.25, -0.2) is 0 Å². The van der Waals surface area contributed by atoms with Gasteiger partial charge in [0.15, 0.2) is 0 Å². The molecule has 4 rings (SSSR count). The summed E-state index contributed by atoms with van der Waals surface area (Å²) in [6.07, 6.45) is 1.81. The molecule has 1 nitrogen and oxygen atoms in total. The van der Waals surface area contributed by atoms with Gasteiger partial charge in [0, 0.05) is 26.6 Å². The van der Waals surface area contributed by atoms with Crippen LogP contribution in [0.2, 0.25) is 0 Å². The van der Waals surface area contributed by atoms with Crippen LogP contribution in [0.4, 0.5) is 0 Å². The van der Waals surface area contributed by atoms with E-state index in [1.807, 2.05) is 48.7 Å². The highest BCUT2D eigenvalue weighted by atomic mass is 32.1. The standard InChI is InChI=1S/C12H8OS.C6H6S/c1-2-4-11-9(3-1)7-13-12(11)10-5-6-14-8-10;7-6-4-2-1-3-5-6/h1-8H;1-5,7H. The van der Waals surface area contributed by atoms with Gasteiger partial charge in [0.25, 0.3) is 0 Å². The normalized spacial score (nSPS) is 10.1. The number of thiol groups is 1. The minimum Gasteiger partial charge on any atom is -0.463 e. The van der Waals surface area contributed by atoms with Crippen LogP contribution >= 0.6 is 24.0 Å². The molecule has 0 unspecified atom stereocenters. The molecule has 0 N–H and O–H groups in total. The van der Waals surface area contributed by atoms with E-state index in [9.17, 15) is 0 Å². The minimum atomic E-state index is 0.974. The van der Waals surface area contributed by atoms with E-state index in [0.29, 0.717) is 0 Å². The largest absolute Gasteiger partial charge is 0.463 e. The molecule has 0 saturated heterocycles. The van der Waals surface area contributed by atoms with Crippen molar-refractivity contribution in [2.45, 2.75) is 4.90 Å². The fourth-order valence-corrected chi connectivity index (χ4v) is 2.85. The van der Waals surface area contributed by atoms with Crippen molar-refractivity contribution < 1.29 is 4.42 Å². The van der Waals surface area contributed by atoms with Crippen molar-refractivity contribution in [3.05, 3.63) is 77.7 Å². The second-order valence-corrected chi connectivity index (χ2v) is 5.80. The van der Waals surface area contributed by atoms with Gasteiger partial charge in [-0.3, -0.25) is 0 Å². The summed E-state index contributed by atoms with van der Waals surface area (Å²) >= 11 is 5.77. The number of hydrogen-bond acceptors (Lipinski definition) is 3. The van der Waals surface area contributed by atoms with E-state index in [0.717, 1.165) is 21.6 Å². The highest BCUT2D eigenvalue weighted by molar-refractivity contribution is 7.80. The van der Waals surface area contributed by atoms with Crippen molar-refractivity contribution in [3.8, 4) is 11.3 Å². The van der Waals surface area contributed by atoms with Gasteiger partial charge in [-0.1, -0.05) is 42.5 Å². The van der Waals surface area contributed by atoms with E-state index in [-0.39, 0.29) is 0 Å². The van der Waals surface area contributed by atoms with E-state index in [2.05, 4.69) is 41.6 Å². The summed E-state index contributed by atoms with van der Waals surface area (Å²) in [5, 5.41) is 6.51. The molecule has 0 spiro atoms. The molecular formula is C18H14OS2. The van der Waals surface area contributed by atoms with Crippen LogP contribution in [-0.2, 0) is 0 Å². The Labute approximate surface area is 133 Å². The van der Waals surface area contributed by atoms with Crippen LogP contribution in [0.3, 0.4) is 0 Å². The monoisotopic (exact) mass is 310 g/mol. The molecule has 0 amide bonds. The van der Waals surface area contributed by atoms with Crippen LogP contribution in [0.5, 0.6) is 0 Å². The van der Waals surface area contributed by atoms with Crippen LogP contribution in [-0.4, -0.2) is 0 Å². The van der Waals surface area contributed by atoms with E-state index >= 15 is 0 Å². The Hall–Kier alpha value is -1.97. The van der Waals surface area contributed by atoms with Gasteiger partial charge in [-0.2, -0.15) is 11.3 Å². The third-order valence-corrected chi connectivity index (χ3v) is 4.03. The zero-order chi connectivity index (χ0) is 14.5. The highest BCUT2D eigenvalue weighted by Crippen LogP contribution is 2.31. The Kier molecular flexibility index (Phi) is 4.43.